The lowest BCUT2D eigenvalue weighted by Crippen LogP contribution is -2.29. The summed E-state index contributed by atoms with van der Waals surface area (Å²) in [6.45, 7) is 1.86. The van der Waals surface area contributed by atoms with Gasteiger partial charge in [-0.1, -0.05) is 17.7 Å². The Morgan fingerprint density at radius 2 is 1.32 bits per heavy atom. The molecule has 1 atom stereocenters. The van der Waals surface area contributed by atoms with Gasteiger partial charge in [-0.2, -0.15) is 0 Å². The fourth-order valence-corrected chi connectivity index (χ4v) is 3.79. The number of nitro groups is 2. The van der Waals surface area contributed by atoms with Crippen LogP contribution in [0.3, 0.4) is 0 Å². The number of aliphatic hydroxyl groups is 1. The average Bonchev–Trinajstić information content (AvgIpc) is 3.09. The Morgan fingerprint density at radius 3 is 1.82 bits per heavy atom. The lowest BCUT2D eigenvalue weighted by Gasteiger charge is -2.25. The number of nitrogens with zero attached hydrogens (tertiary/aromatic N) is 3. The molecule has 0 radical (unpaired) electrons. The Balaban J connectivity index is 1.90. The summed E-state index contributed by atoms with van der Waals surface area (Å²) >= 11 is 0. The molecule has 10 heteroatoms. The summed E-state index contributed by atoms with van der Waals surface area (Å²) in [5.41, 5.74) is 1.20. The topological polar surface area (TPSA) is 144 Å². The third-order valence-electron chi connectivity index (χ3n) is 5.53. The zero-order chi connectivity index (χ0) is 24.6. The molecule has 1 amide bonds. The first-order valence-electron chi connectivity index (χ1n) is 10.1. The molecular weight excluding hydrogens is 442 g/mol. The second-order valence-corrected chi connectivity index (χ2v) is 7.66. The number of rotatable bonds is 5. The predicted octanol–water partition coefficient (Wildman–Crippen LogP) is 4.44. The summed E-state index contributed by atoms with van der Waals surface area (Å²) in [5.74, 6) is -2.33. The first-order valence-corrected chi connectivity index (χ1v) is 10.1. The fraction of sp³-hybridized carbons (Fsp3) is 0.0833. The molecule has 1 fully saturated rings. The second kappa shape index (κ2) is 8.58. The fourth-order valence-electron chi connectivity index (χ4n) is 3.79. The molecule has 0 aliphatic carbocycles. The van der Waals surface area contributed by atoms with E-state index in [0.29, 0.717) is 11.3 Å². The molecule has 1 aliphatic heterocycles. The van der Waals surface area contributed by atoms with Crippen molar-refractivity contribution in [3.8, 4) is 0 Å². The van der Waals surface area contributed by atoms with E-state index in [1.165, 1.54) is 53.4 Å². The number of nitro benzene ring substituents is 2. The van der Waals surface area contributed by atoms with Crippen LogP contribution in [0.4, 0.5) is 17.1 Å². The van der Waals surface area contributed by atoms with E-state index in [-0.39, 0.29) is 22.5 Å². The maximum atomic E-state index is 13.1. The van der Waals surface area contributed by atoms with E-state index in [1.807, 2.05) is 6.92 Å². The zero-order valence-electron chi connectivity index (χ0n) is 17.7. The number of ketones is 1. The molecule has 0 aromatic heterocycles. The largest absolute Gasteiger partial charge is 0.507 e. The van der Waals surface area contributed by atoms with Gasteiger partial charge in [-0.3, -0.25) is 34.7 Å². The highest BCUT2D eigenvalue weighted by molar-refractivity contribution is 6.51. The summed E-state index contributed by atoms with van der Waals surface area (Å²) in [6.07, 6.45) is 0. The molecule has 34 heavy (non-hydrogen) atoms. The maximum absolute atomic E-state index is 13.1. The average molecular weight is 459 g/mol. The number of Topliss-reactive ketones (excluding diaryl/α,β-unsaturated/α-hetero) is 1. The molecule has 1 saturated heterocycles. The lowest BCUT2D eigenvalue weighted by atomic mass is 9.95. The van der Waals surface area contributed by atoms with Gasteiger partial charge >= 0.3 is 0 Å². The van der Waals surface area contributed by atoms with Crippen molar-refractivity contribution < 1.29 is 24.5 Å². The van der Waals surface area contributed by atoms with Gasteiger partial charge in [0.2, 0.25) is 0 Å². The Hall–Kier alpha value is -4.86. The van der Waals surface area contributed by atoms with Crippen molar-refractivity contribution in [3.63, 3.8) is 0 Å². The molecule has 1 N–H and O–H groups in total. The molecular formula is C24H17N3O7. The number of hydrogen-bond acceptors (Lipinski definition) is 7. The van der Waals surface area contributed by atoms with Crippen LogP contribution in [0.15, 0.2) is 78.4 Å². The third-order valence-corrected chi connectivity index (χ3v) is 5.53. The number of carbonyl (C=O) groups excluding carboxylic acids is 2. The van der Waals surface area contributed by atoms with E-state index in [0.717, 1.165) is 5.56 Å². The second-order valence-electron chi connectivity index (χ2n) is 7.66. The number of aryl methyl sites for hydroxylation is 1. The molecule has 1 aliphatic rings. The van der Waals surface area contributed by atoms with E-state index in [4.69, 9.17) is 0 Å². The zero-order valence-corrected chi connectivity index (χ0v) is 17.7. The van der Waals surface area contributed by atoms with Crippen LogP contribution < -0.4 is 4.90 Å². The van der Waals surface area contributed by atoms with E-state index in [2.05, 4.69) is 0 Å². The quantitative estimate of drug-likeness (QED) is 0.195. The first kappa shape index (κ1) is 22.3. The smallest absolute Gasteiger partial charge is 0.300 e. The van der Waals surface area contributed by atoms with Gasteiger partial charge in [0, 0.05) is 35.5 Å². The number of carbonyl (C=O) groups is 2. The molecule has 3 aromatic rings. The highest BCUT2D eigenvalue weighted by Gasteiger charge is 2.47. The molecule has 0 bridgehead atoms. The Kier molecular flexibility index (Phi) is 5.64. The summed E-state index contributed by atoms with van der Waals surface area (Å²) < 4.78 is 0. The minimum Gasteiger partial charge on any atom is -0.507 e. The van der Waals surface area contributed by atoms with Crippen LogP contribution in [0.2, 0.25) is 0 Å². The van der Waals surface area contributed by atoms with Gasteiger partial charge in [0.15, 0.2) is 0 Å². The Labute approximate surface area is 192 Å². The third kappa shape index (κ3) is 3.88. The van der Waals surface area contributed by atoms with Crippen molar-refractivity contribution in [2.75, 3.05) is 4.90 Å². The van der Waals surface area contributed by atoms with E-state index in [1.54, 1.807) is 24.3 Å². The minimum atomic E-state index is -1.07. The van der Waals surface area contributed by atoms with Crippen molar-refractivity contribution in [3.05, 3.63) is 115 Å². The minimum absolute atomic E-state index is 0.111. The van der Waals surface area contributed by atoms with E-state index in [9.17, 15) is 34.9 Å². The molecule has 1 unspecified atom stereocenters. The van der Waals surface area contributed by atoms with Gasteiger partial charge in [0.05, 0.1) is 21.5 Å². The van der Waals surface area contributed by atoms with Crippen LogP contribution in [0.25, 0.3) is 5.76 Å². The molecule has 170 valence electrons. The molecule has 0 saturated carbocycles. The summed E-state index contributed by atoms with van der Waals surface area (Å²) in [7, 11) is 0. The standard InChI is InChI=1S/C24H17N3O7/c1-14-2-8-17(9-3-14)25-21(15-4-10-18(11-5-15)26(31)32)20(23(29)24(25)30)22(28)16-6-12-19(13-7-16)27(33)34/h2-13,21,28H,1H3/b22-20+. The van der Waals surface area contributed by atoms with E-state index >= 15 is 0 Å². The van der Waals surface area contributed by atoms with Crippen molar-refractivity contribution >= 4 is 34.5 Å². The van der Waals surface area contributed by atoms with Crippen LogP contribution in [0.1, 0.15) is 22.7 Å². The van der Waals surface area contributed by atoms with Crippen molar-refractivity contribution in [1.29, 1.82) is 0 Å². The van der Waals surface area contributed by atoms with E-state index < -0.39 is 33.3 Å². The lowest BCUT2D eigenvalue weighted by molar-refractivity contribution is -0.385. The van der Waals surface area contributed by atoms with Crippen LogP contribution in [0.5, 0.6) is 0 Å². The van der Waals surface area contributed by atoms with Gasteiger partial charge in [0.1, 0.15) is 5.76 Å². The molecule has 4 rings (SSSR count). The number of benzene rings is 3. The highest BCUT2D eigenvalue weighted by atomic mass is 16.6. The highest BCUT2D eigenvalue weighted by Crippen LogP contribution is 2.42. The molecule has 0 spiro atoms. The van der Waals surface area contributed by atoms with Gasteiger partial charge in [-0.15, -0.1) is 0 Å². The van der Waals surface area contributed by atoms with Crippen LogP contribution in [-0.2, 0) is 9.59 Å². The van der Waals surface area contributed by atoms with Gasteiger partial charge in [0.25, 0.3) is 23.1 Å². The summed E-state index contributed by atoms with van der Waals surface area (Å²) in [5, 5.41) is 33.0. The predicted molar refractivity (Wildman–Crippen MR) is 122 cm³/mol. The number of non-ortho nitro benzene ring substituents is 2. The number of amides is 1. The number of hydrogen-bond donors (Lipinski definition) is 1. The summed E-state index contributed by atoms with van der Waals surface area (Å²) in [4.78, 5) is 48.2. The maximum Gasteiger partial charge on any atom is 0.300 e. The number of aliphatic hydroxyl groups excluding tert-OH is 1. The van der Waals surface area contributed by atoms with Gasteiger partial charge in [-0.25, -0.2) is 0 Å². The Morgan fingerprint density at radius 1 is 0.824 bits per heavy atom. The van der Waals surface area contributed by atoms with Crippen LogP contribution >= 0.6 is 0 Å². The van der Waals surface area contributed by atoms with Crippen LogP contribution in [-0.4, -0.2) is 26.6 Å². The molecule has 3 aromatic carbocycles. The monoisotopic (exact) mass is 459 g/mol. The van der Waals surface area contributed by atoms with Crippen molar-refractivity contribution in [2.24, 2.45) is 0 Å². The summed E-state index contributed by atoms with van der Waals surface area (Å²) in [6, 6.07) is 16.0. The van der Waals surface area contributed by atoms with Crippen molar-refractivity contribution in [2.45, 2.75) is 13.0 Å². The van der Waals surface area contributed by atoms with Gasteiger partial charge in [-0.05, 0) is 48.9 Å². The molecule has 1 heterocycles. The first-order chi connectivity index (χ1) is 16.2. The van der Waals surface area contributed by atoms with Gasteiger partial charge < -0.3 is 5.11 Å². The normalized spacial score (nSPS) is 17.1. The van der Waals surface area contributed by atoms with Crippen molar-refractivity contribution in [1.82, 2.24) is 0 Å². The number of anilines is 1. The van der Waals surface area contributed by atoms with Crippen LogP contribution in [0, 0.1) is 27.2 Å². The molecule has 10 nitrogen and oxygen atoms in total. The Bertz CT molecular complexity index is 1340. The SMILES string of the molecule is Cc1ccc(N2C(=O)C(=O)/C(=C(/O)c3ccc([N+](=O)[O-])cc3)C2c2ccc([N+](=O)[O-])cc2)cc1.